The van der Waals surface area contributed by atoms with Crippen LogP contribution in [-0.2, 0) is 12.8 Å². The fourth-order valence-electron chi connectivity index (χ4n) is 2.69. The molecule has 1 rings (SSSR count). The lowest BCUT2D eigenvalue weighted by atomic mass is 9.84. The van der Waals surface area contributed by atoms with Crippen LogP contribution in [0.2, 0.25) is 0 Å². The molecule has 6 heteroatoms. The molecule has 0 fully saturated rings. The van der Waals surface area contributed by atoms with Crippen molar-refractivity contribution in [2.24, 2.45) is 11.8 Å². The molecule has 6 nitrogen and oxygen atoms in total. The molecule has 0 saturated carbocycles. The van der Waals surface area contributed by atoms with Crippen molar-refractivity contribution in [2.75, 3.05) is 0 Å². The molecule has 1 aromatic carbocycles. The van der Waals surface area contributed by atoms with Crippen molar-refractivity contribution in [3.8, 4) is 0 Å². The molecule has 0 atom stereocenters. The Balaban J connectivity index is 3.87. The molecule has 0 radical (unpaired) electrons. The first-order valence-electron chi connectivity index (χ1n) is 7.44. The molecule has 126 valence electrons. The average Bonchev–Trinajstić information content (AvgIpc) is 2.35. The second kappa shape index (κ2) is 7.26. The Kier molecular flexibility index (Phi) is 5.90. The fraction of sp³-hybridized carbons (Fsp3) is 0.471. The summed E-state index contributed by atoms with van der Waals surface area (Å²) < 4.78 is 0. The molecule has 0 amide bonds. The van der Waals surface area contributed by atoms with E-state index in [1.165, 1.54) is 6.07 Å². The van der Waals surface area contributed by atoms with Gasteiger partial charge in [-0.05, 0) is 41.9 Å². The Hall–Kier alpha value is -2.37. The van der Waals surface area contributed by atoms with E-state index in [1.54, 1.807) is 0 Å². The molecule has 0 aliphatic heterocycles. The summed E-state index contributed by atoms with van der Waals surface area (Å²) in [5.41, 5.74) is -0.388. The van der Waals surface area contributed by atoms with Gasteiger partial charge in [-0.15, -0.1) is 0 Å². The van der Waals surface area contributed by atoms with Gasteiger partial charge in [0.05, 0.1) is 16.7 Å². The lowest BCUT2D eigenvalue weighted by Crippen LogP contribution is -2.20. The van der Waals surface area contributed by atoms with Crippen LogP contribution in [0.25, 0.3) is 0 Å². The standard InChI is InChI=1S/C17H22O6/c1-8(2)5-10-7-12(15(18)19)14(17(22)23)11(6-9(3)4)13(10)16(20)21/h7-9H,5-6H2,1-4H3,(H,18,19)(H,20,21)(H,22,23). The molecule has 0 bridgehead atoms. The topological polar surface area (TPSA) is 112 Å². The highest BCUT2D eigenvalue weighted by molar-refractivity contribution is 6.06. The number of rotatable bonds is 7. The maximum Gasteiger partial charge on any atom is 0.336 e. The quantitative estimate of drug-likeness (QED) is 0.711. The highest BCUT2D eigenvalue weighted by Crippen LogP contribution is 2.28. The van der Waals surface area contributed by atoms with Gasteiger partial charge in [0.1, 0.15) is 0 Å². The SMILES string of the molecule is CC(C)Cc1cc(C(=O)O)c(C(=O)O)c(CC(C)C)c1C(=O)O. The Morgan fingerprint density at radius 1 is 0.826 bits per heavy atom. The van der Waals surface area contributed by atoms with Crippen molar-refractivity contribution in [2.45, 2.75) is 40.5 Å². The molecule has 0 unspecified atom stereocenters. The normalized spacial score (nSPS) is 11.0. The number of hydrogen-bond acceptors (Lipinski definition) is 3. The third-order valence-corrected chi connectivity index (χ3v) is 3.41. The summed E-state index contributed by atoms with van der Waals surface area (Å²) in [6.07, 6.45) is 0.558. The van der Waals surface area contributed by atoms with Crippen LogP contribution in [-0.4, -0.2) is 33.2 Å². The van der Waals surface area contributed by atoms with Crippen molar-refractivity contribution < 1.29 is 29.7 Å². The van der Waals surface area contributed by atoms with Gasteiger partial charge in [0.2, 0.25) is 0 Å². The fourth-order valence-corrected chi connectivity index (χ4v) is 2.69. The van der Waals surface area contributed by atoms with Crippen molar-refractivity contribution >= 4 is 17.9 Å². The van der Waals surface area contributed by atoms with Crippen LogP contribution in [0.5, 0.6) is 0 Å². The molecular formula is C17H22O6. The first kappa shape index (κ1) is 18.7. The number of carboxylic acids is 3. The lowest BCUT2D eigenvalue weighted by Gasteiger charge is -2.19. The van der Waals surface area contributed by atoms with Crippen LogP contribution in [0.4, 0.5) is 0 Å². The van der Waals surface area contributed by atoms with E-state index in [2.05, 4.69) is 0 Å². The van der Waals surface area contributed by atoms with Gasteiger partial charge in [0.15, 0.2) is 0 Å². The van der Waals surface area contributed by atoms with E-state index in [0.717, 1.165) is 0 Å². The summed E-state index contributed by atoms with van der Waals surface area (Å²) in [6, 6.07) is 1.19. The Labute approximate surface area is 134 Å². The van der Waals surface area contributed by atoms with Gasteiger partial charge in [-0.1, -0.05) is 27.7 Å². The van der Waals surface area contributed by atoms with Crippen LogP contribution >= 0.6 is 0 Å². The van der Waals surface area contributed by atoms with Gasteiger partial charge >= 0.3 is 17.9 Å². The van der Waals surface area contributed by atoms with E-state index in [0.29, 0.717) is 12.0 Å². The molecule has 0 spiro atoms. The number of carboxylic acid groups (broad SMARTS) is 3. The minimum atomic E-state index is -1.42. The van der Waals surface area contributed by atoms with Crippen LogP contribution in [0.3, 0.4) is 0 Å². The zero-order valence-electron chi connectivity index (χ0n) is 13.7. The molecular weight excluding hydrogens is 300 g/mol. The second-order valence-electron chi connectivity index (χ2n) is 6.42. The van der Waals surface area contributed by atoms with E-state index in [-0.39, 0.29) is 34.9 Å². The van der Waals surface area contributed by atoms with Crippen LogP contribution in [0.15, 0.2) is 6.07 Å². The van der Waals surface area contributed by atoms with E-state index in [1.807, 2.05) is 27.7 Å². The molecule has 23 heavy (non-hydrogen) atoms. The first-order chi connectivity index (χ1) is 10.6. The van der Waals surface area contributed by atoms with Gasteiger partial charge in [-0.25, -0.2) is 14.4 Å². The smallest absolute Gasteiger partial charge is 0.336 e. The zero-order valence-corrected chi connectivity index (χ0v) is 13.7. The maximum absolute atomic E-state index is 11.7. The third-order valence-electron chi connectivity index (χ3n) is 3.41. The highest BCUT2D eigenvalue weighted by Gasteiger charge is 2.29. The van der Waals surface area contributed by atoms with E-state index in [9.17, 15) is 29.7 Å². The van der Waals surface area contributed by atoms with Gasteiger partial charge in [0, 0.05) is 0 Å². The molecule has 0 aromatic heterocycles. The summed E-state index contributed by atoms with van der Waals surface area (Å²) >= 11 is 0. The molecule has 0 saturated heterocycles. The summed E-state index contributed by atoms with van der Waals surface area (Å²) in [5.74, 6) is -3.92. The van der Waals surface area contributed by atoms with E-state index in [4.69, 9.17) is 0 Å². The van der Waals surface area contributed by atoms with Crippen molar-refractivity contribution in [3.63, 3.8) is 0 Å². The van der Waals surface area contributed by atoms with Crippen LogP contribution in [0, 0.1) is 11.8 Å². The molecule has 3 N–H and O–H groups in total. The summed E-state index contributed by atoms with van der Waals surface area (Å²) in [4.78, 5) is 34.8. The predicted molar refractivity (Wildman–Crippen MR) is 84.4 cm³/mol. The van der Waals surface area contributed by atoms with Gasteiger partial charge in [-0.3, -0.25) is 0 Å². The van der Waals surface area contributed by atoms with E-state index >= 15 is 0 Å². The van der Waals surface area contributed by atoms with Crippen LogP contribution < -0.4 is 0 Å². The van der Waals surface area contributed by atoms with Crippen LogP contribution in [0.1, 0.15) is 69.9 Å². The highest BCUT2D eigenvalue weighted by atomic mass is 16.4. The van der Waals surface area contributed by atoms with Gasteiger partial charge in [-0.2, -0.15) is 0 Å². The van der Waals surface area contributed by atoms with E-state index < -0.39 is 23.5 Å². The number of aromatic carboxylic acids is 3. The number of hydrogen-bond donors (Lipinski definition) is 3. The van der Waals surface area contributed by atoms with Crippen molar-refractivity contribution in [1.82, 2.24) is 0 Å². The Morgan fingerprint density at radius 2 is 1.30 bits per heavy atom. The summed E-state index contributed by atoms with van der Waals surface area (Å²) in [7, 11) is 0. The Morgan fingerprint density at radius 3 is 1.65 bits per heavy atom. The van der Waals surface area contributed by atoms with Crippen molar-refractivity contribution in [1.29, 1.82) is 0 Å². The molecule has 0 heterocycles. The average molecular weight is 322 g/mol. The largest absolute Gasteiger partial charge is 0.478 e. The lowest BCUT2D eigenvalue weighted by molar-refractivity contribution is 0.0647. The predicted octanol–water partition coefficient (Wildman–Crippen LogP) is 3.18. The number of carbonyl (C=O) groups is 3. The molecule has 0 aliphatic carbocycles. The Bertz CT molecular complexity index is 643. The molecule has 1 aromatic rings. The third kappa shape index (κ3) is 4.31. The summed E-state index contributed by atoms with van der Waals surface area (Å²) in [5, 5.41) is 28.3. The maximum atomic E-state index is 11.7. The monoisotopic (exact) mass is 322 g/mol. The first-order valence-corrected chi connectivity index (χ1v) is 7.44. The zero-order chi connectivity index (χ0) is 17.9. The molecule has 0 aliphatic rings. The number of benzene rings is 1. The minimum absolute atomic E-state index is 0.0119. The van der Waals surface area contributed by atoms with Gasteiger partial charge < -0.3 is 15.3 Å². The van der Waals surface area contributed by atoms with Gasteiger partial charge in [0.25, 0.3) is 0 Å². The second-order valence-corrected chi connectivity index (χ2v) is 6.42. The van der Waals surface area contributed by atoms with Crippen molar-refractivity contribution in [3.05, 3.63) is 33.9 Å². The minimum Gasteiger partial charge on any atom is -0.478 e. The summed E-state index contributed by atoms with van der Waals surface area (Å²) in [6.45, 7) is 7.43.